The van der Waals surface area contributed by atoms with E-state index in [9.17, 15) is 13.2 Å². The maximum Gasteiger partial charge on any atom is 0.256 e. The molecule has 7 heteroatoms. The number of para-hydroxylation sites is 1. The number of rotatable bonds is 5. The van der Waals surface area contributed by atoms with E-state index in [2.05, 4.69) is 11.6 Å². The van der Waals surface area contributed by atoms with E-state index >= 15 is 0 Å². The Bertz CT molecular complexity index is 660. The number of amides is 1. The summed E-state index contributed by atoms with van der Waals surface area (Å²) in [6.45, 7) is 5.38. The van der Waals surface area contributed by atoms with Crippen LogP contribution in [0.2, 0.25) is 0 Å². The van der Waals surface area contributed by atoms with E-state index in [1.807, 2.05) is 0 Å². The van der Waals surface area contributed by atoms with Crippen LogP contribution in [0.4, 0.5) is 5.69 Å². The highest BCUT2D eigenvalue weighted by Crippen LogP contribution is 2.30. The molecule has 22 heavy (non-hydrogen) atoms. The first-order valence-electron chi connectivity index (χ1n) is 7.39. The highest BCUT2D eigenvalue weighted by Gasteiger charge is 2.35. The van der Waals surface area contributed by atoms with Crippen molar-refractivity contribution in [2.45, 2.75) is 20.3 Å². The van der Waals surface area contributed by atoms with Crippen molar-refractivity contribution in [2.24, 2.45) is 11.1 Å². The van der Waals surface area contributed by atoms with Crippen molar-refractivity contribution in [1.29, 1.82) is 0 Å². The van der Waals surface area contributed by atoms with Gasteiger partial charge in [0, 0.05) is 13.1 Å². The van der Waals surface area contributed by atoms with Gasteiger partial charge in [0.05, 0.1) is 17.0 Å². The predicted molar refractivity (Wildman–Crippen MR) is 87.2 cm³/mol. The minimum absolute atomic E-state index is 0.0372. The highest BCUT2D eigenvalue weighted by atomic mass is 32.2. The van der Waals surface area contributed by atoms with E-state index in [0.29, 0.717) is 30.9 Å². The van der Waals surface area contributed by atoms with Crippen molar-refractivity contribution in [2.75, 3.05) is 30.1 Å². The molecule has 1 aliphatic heterocycles. The maximum absolute atomic E-state index is 12.7. The standard InChI is InChI=1S/C15H23N3O3S/c1-3-22(20,21)17-13-7-5-4-6-12(13)14(19)18-9-8-15(2,10-16)11-18/h4-7,17H,3,8-11,16H2,1-2H3. The maximum atomic E-state index is 12.7. The Kier molecular flexibility index (Phi) is 4.77. The van der Waals surface area contributed by atoms with E-state index in [-0.39, 0.29) is 17.1 Å². The lowest BCUT2D eigenvalue weighted by molar-refractivity contribution is 0.0778. The summed E-state index contributed by atoms with van der Waals surface area (Å²) in [4.78, 5) is 14.4. The minimum atomic E-state index is -3.42. The molecule has 6 nitrogen and oxygen atoms in total. The van der Waals surface area contributed by atoms with Gasteiger partial charge in [0.2, 0.25) is 10.0 Å². The summed E-state index contributed by atoms with van der Waals surface area (Å²) in [5.74, 6) is -0.198. The lowest BCUT2D eigenvalue weighted by Gasteiger charge is -2.23. The van der Waals surface area contributed by atoms with Gasteiger partial charge in [-0.05, 0) is 37.4 Å². The second-order valence-corrected chi connectivity index (χ2v) is 8.05. The molecule has 1 aromatic rings. The topological polar surface area (TPSA) is 92.5 Å². The fraction of sp³-hybridized carbons (Fsp3) is 0.533. The fourth-order valence-corrected chi connectivity index (χ4v) is 3.19. The van der Waals surface area contributed by atoms with Gasteiger partial charge in [-0.15, -0.1) is 0 Å². The molecule has 1 aliphatic rings. The molecule has 0 spiro atoms. The number of carbonyl (C=O) groups is 1. The number of nitrogens with two attached hydrogens (primary N) is 1. The van der Waals surface area contributed by atoms with Crippen molar-refractivity contribution in [3.63, 3.8) is 0 Å². The molecule has 0 radical (unpaired) electrons. The first-order chi connectivity index (χ1) is 10.3. The van der Waals surface area contributed by atoms with E-state index in [1.54, 1.807) is 36.1 Å². The number of nitrogens with one attached hydrogen (secondary N) is 1. The van der Waals surface area contributed by atoms with Gasteiger partial charge in [0.1, 0.15) is 0 Å². The summed E-state index contributed by atoms with van der Waals surface area (Å²) < 4.78 is 26.0. The normalized spacial score (nSPS) is 21.9. The number of likely N-dealkylation sites (tertiary alicyclic amines) is 1. The summed E-state index contributed by atoms with van der Waals surface area (Å²) in [6, 6.07) is 6.69. The number of benzene rings is 1. The summed E-state index contributed by atoms with van der Waals surface area (Å²) in [5.41, 5.74) is 6.41. The van der Waals surface area contributed by atoms with Crippen LogP contribution < -0.4 is 10.5 Å². The smallest absolute Gasteiger partial charge is 0.256 e. The molecule has 0 aliphatic carbocycles. The van der Waals surface area contributed by atoms with Gasteiger partial charge >= 0.3 is 0 Å². The Morgan fingerprint density at radius 2 is 2.09 bits per heavy atom. The Hall–Kier alpha value is -1.60. The van der Waals surface area contributed by atoms with E-state index in [4.69, 9.17) is 5.73 Å². The average Bonchev–Trinajstić information content (AvgIpc) is 2.90. The van der Waals surface area contributed by atoms with Crippen molar-refractivity contribution in [3.8, 4) is 0 Å². The van der Waals surface area contributed by atoms with Crippen LogP contribution in [0.15, 0.2) is 24.3 Å². The van der Waals surface area contributed by atoms with Crippen LogP contribution >= 0.6 is 0 Å². The zero-order valence-electron chi connectivity index (χ0n) is 13.0. The number of nitrogens with zero attached hydrogens (tertiary/aromatic N) is 1. The van der Waals surface area contributed by atoms with Crippen LogP contribution in [-0.2, 0) is 10.0 Å². The number of hydrogen-bond donors (Lipinski definition) is 2. The van der Waals surface area contributed by atoms with Crippen LogP contribution in [0, 0.1) is 5.41 Å². The Labute approximate surface area is 131 Å². The second kappa shape index (κ2) is 6.26. The third-order valence-electron chi connectivity index (χ3n) is 4.14. The van der Waals surface area contributed by atoms with E-state index in [1.165, 1.54) is 0 Å². The minimum Gasteiger partial charge on any atom is -0.338 e. The van der Waals surface area contributed by atoms with E-state index < -0.39 is 10.0 Å². The molecule has 0 aromatic heterocycles. The largest absolute Gasteiger partial charge is 0.338 e. The first kappa shape index (κ1) is 16.8. The third kappa shape index (κ3) is 3.59. The predicted octanol–water partition coefficient (Wildman–Crippen LogP) is 1.26. The quantitative estimate of drug-likeness (QED) is 0.852. The monoisotopic (exact) mass is 325 g/mol. The first-order valence-corrected chi connectivity index (χ1v) is 9.04. The lowest BCUT2D eigenvalue weighted by atomic mass is 9.90. The lowest BCUT2D eigenvalue weighted by Crippen LogP contribution is -2.35. The van der Waals surface area contributed by atoms with Gasteiger partial charge in [0.15, 0.2) is 0 Å². The van der Waals surface area contributed by atoms with Crippen LogP contribution in [0.25, 0.3) is 0 Å². The number of sulfonamides is 1. The van der Waals surface area contributed by atoms with Crippen molar-refractivity contribution < 1.29 is 13.2 Å². The highest BCUT2D eigenvalue weighted by molar-refractivity contribution is 7.92. The van der Waals surface area contributed by atoms with Crippen LogP contribution in [0.5, 0.6) is 0 Å². The van der Waals surface area contributed by atoms with Crippen molar-refractivity contribution >= 4 is 21.6 Å². The molecule has 1 aromatic carbocycles. The zero-order valence-corrected chi connectivity index (χ0v) is 13.8. The summed E-state index contributed by atoms with van der Waals surface area (Å²) in [6.07, 6.45) is 0.859. The van der Waals surface area contributed by atoms with Gasteiger partial charge < -0.3 is 10.6 Å². The molecule has 2 rings (SSSR count). The average molecular weight is 325 g/mol. The zero-order chi connectivity index (χ0) is 16.4. The molecule has 0 bridgehead atoms. The molecular formula is C15H23N3O3S. The molecule has 0 saturated carbocycles. The molecular weight excluding hydrogens is 302 g/mol. The van der Waals surface area contributed by atoms with Crippen molar-refractivity contribution in [1.82, 2.24) is 4.90 Å². The summed E-state index contributed by atoms with van der Waals surface area (Å²) >= 11 is 0. The molecule has 1 heterocycles. The molecule has 3 N–H and O–H groups in total. The van der Waals surface area contributed by atoms with Crippen LogP contribution in [-0.4, -0.2) is 44.6 Å². The van der Waals surface area contributed by atoms with Gasteiger partial charge in [0.25, 0.3) is 5.91 Å². The number of anilines is 1. The molecule has 122 valence electrons. The molecule has 1 amide bonds. The molecule has 1 saturated heterocycles. The molecule has 1 fully saturated rings. The number of hydrogen-bond acceptors (Lipinski definition) is 4. The molecule has 1 unspecified atom stereocenters. The van der Waals surface area contributed by atoms with Crippen LogP contribution in [0.3, 0.4) is 0 Å². The van der Waals surface area contributed by atoms with Crippen molar-refractivity contribution in [3.05, 3.63) is 29.8 Å². The SMILES string of the molecule is CCS(=O)(=O)Nc1ccccc1C(=O)N1CCC(C)(CN)C1. The van der Waals surface area contributed by atoms with Crippen LogP contribution in [0.1, 0.15) is 30.6 Å². The Morgan fingerprint density at radius 1 is 1.41 bits per heavy atom. The number of carbonyl (C=O) groups excluding carboxylic acids is 1. The second-order valence-electron chi connectivity index (χ2n) is 6.04. The van der Waals surface area contributed by atoms with E-state index in [0.717, 1.165) is 6.42 Å². The fourth-order valence-electron chi connectivity index (χ4n) is 2.53. The molecule has 1 atom stereocenters. The van der Waals surface area contributed by atoms with Gasteiger partial charge in [-0.3, -0.25) is 9.52 Å². The van der Waals surface area contributed by atoms with Gasteiger partial charge in [-0.2, -0.15) is 0 Å². The third-order valence-corrected chi connectivity index (χ3v) is 5.43. The van der Waals surface area contributed by atoms with Gasteiger partial charge in [-0.25, -0.2) is 8.42 Å². The summed E-state index contributed by atoms with van der Waals surface area (Å²) in [7, 11) is -3.42. The Morgan fingerprint density at radius 3 is 2.68 bits per heavy atom. The Balaban J connectivity index is 2.24. The summed E-state index contributed by atoms with van der Waals surface area (Å²) in [5, 5.41) is 0. The van der Waals surface area contributed by atoms with Gasteiger partial charge in [-0.1, -0.05) is 19.1 Å².